The molecular formula is C17H21N3O. The lowest BCUT2D eigenvalue weighted by Crippen LogP contribution is -2.40. The van der Waals surface area contributed by atoms with Gasteiger partial charge in [-0.2, -0.15) is 5.10 Å². The fourth-order valence-electron chi connectivity index (χ4n) is 4.46. The van der Waals surface area contributed by atoms with Crippen LogP contribution in [0.15, 0.2) is 24.4 Å². The van der Waals surface area contributed by atoms with Crippen LogP contribution in [0.5, 0.6) is 0 Å². The summed E-state index contributed by atoms with van der Waals surface area (Å²) in [6, 6.07) is 6.00. The molecule has 2 N–H and O–H groups in total. The van der Waals surface area contributed by atoms with Crippen molar-refractivity contribution in [2.24, 2.45) is 17.8 Å². The Morgan fingerprint density at radius 3 is 3.05 bits per heavy atom. The molecule has 1 amide bonds. The van der Waals surface area contributed by atoms with Crippen molar-refractivity contribution in [1.82, 2.24) is 15.5 Å². The van der Waals surface area contributed by atoms with E-state index < -0.39 is 0 Å². The number of amides is 1. The summed E-state index contributed by atoms with van der Waals surface area (Å²) in [4.78, 5) is 12.6. The number of carbonyl (C=O) groups is 1. The molecule has 2 saturated carbocycles. The summed E-state index contributed by atoms with van der Waals surface area (Å²) >= 11 is 0. The lowest BCUT2D eigenvalue weighted by atomic mass is 9.84. The monoisotopic (exact) mass is 283 g/mol. The molecule has 4 heteroatoms. The largest absolute Gasteiger partial charge is 0.349 e. The Bertz CT molecular complexity index is 677. The minimum Gasteiger partial charge on any atom is -0.349 e. The molecule has 2 aromatic rings. The van der Waals surface area contributed by atoms with Crippen LogP contribution in [0.3, 0.4) is 0 Å². The Balaban J connectivity index is 1.52. The lowest BCUT2D eigenvalue weighted by molar-refractivity contribution is 0.0917. The molecule has 0 radical (unpaired) electrons. The molecule has 4 unspecified atom stereocenters. The lowest BCUT2D eigenvalue weighted by Gasteiger charge is -2.28. The molecule has 2 bridgehead atoms. The number of nitrogens with one attached hydrogen (secondary N) is 2. The van der Waals surface area contributed by atoms with Crippen LogP contribution in [-0.2, 0) is 0 Å². The minimum atomic E-state index is 0.0140. The van der Waals surface area contributed by atoms with Gasteiger partial charge in [-0.15, -0.1) is 0 Å². The molecule has 4 nitrogen and oxygen atoms in total. The standard InChI is InChI=1S/C17H21N3O/c1-10(15-8-11-5-6-12(15)7-11)19-17(21)14-4-2-3-13-9-18-20-16(13)14/h2-4,9-12,15H,5-8H2,1H3,(H,18,20)(H,19,21). The topological polar surface area (TPSA) is 57.8 Å². The van der Waals surface area contributed by atoms with Crippen LogP contribution in [0.25, 0.3) is 10.9 Å². The van der Waals surface area contributed by atoms with Gasteiger partial charge < -0.3 is 5.32 Å². The van der Waals surface area contributed by atoms with Crippen molar-refractivity contribution >= 4 is 16.8 Å². The molecule has 1 aromatic carbocycles. The first-order valence-electron chi connectivity index (χ1n) is 7.95. The van der Waals surface area contributed by atoms with E-state index in [4.69, 9.17) is 0 Å². The van der Waals surface area contributed by atoms with Crippen LogP contribution in [0.2, 0.25) is 0 Å². The summed E-state index contributed by atoms with van der Waals surface area (Å²) in [5, 5.41) is 11.2. The van der Waals surface area contributed by atoms with Gasteiger partial charge in [0.1, 0.15) is 0 Å². The van der Waals surface area contributed by atoms with Crippen molar-refractivity contribution in [3.8, 4) is 0 Å². The summed E-state index contributed by atoms with van der Waals surface area (Å²) in [7, 11) is 0. The smallest absolute Gasteiger partial charge is 0.253 e. The predicted molar refractivity (Wildman–Crippen MR) is 82.0 cm³/mol. The second kappa shape index (κ2) is 4.86. The molecule has 1 heterocycles. The molecule has 2 fully saturated rings. The van der Waals surface area contributed by atoms with Gasteiger partial charge in [-0.1, -0.05) is 18.6 Å². The minimum absolute atomic E-state index is 0.0140. The van der Waals surface area contributed by atoms with Crippen LogP contribution in [0.4, 0.5) is 0 Å². The molecule has 0 saturated heterocycles. The van der Waals surface area contributed by atoms with Gasteiger partial charge in [0.25, 0.3) is 5.91 Å². The van der Waals surface area contributed by atoms with Gasteiger partial charge in [0.2, 0.25) is 0 Å². The van der Waals surface area contributed by atoms with Crippen molar-refractivity contribution in [2.75, 3.05) is 0 Å². The molecule has 110 valence electrons. The number of rotatable bonds is 3. The van der Waals surface area contributed by atoms with Crippen LogP contribution in [0, 0.1) is 17.8 Å². The van der Waals surface area contributed by atoms with Crippen molar-refractivity contribution in [3.63, 3.8) is 0 Å². The Morgan fingerprint density at radius 1 is 1.38 bits per heavy atom. The zero-order chi connectivity index (χ0) is 14.4. The third-order valence-electron chi connectivity index (χ3n) is 5.52. The number of benzene rings is 1. The molecule has 4 atom stereocenters. The van der Waals surface area contributed by atoms with Gasteiger partial charge in [-0.05, 0) is 50.0 Å². The molecular weight excluding hydrogens is 262 g/mol. The predicted octanol–water partition coefficient (Wildman–Crippen LogP) is 3.12. The van der Waals surface area contributed by atoms with Gasteiger partial charge >= 0.3 is 0 Å². The van der Waals surface area contributed by atoms with E-state index in [0.29, 0.717) is 11.5 Å². The maximum atomic E-state index is 12.6. The van der Waals surface area contributed by atoms with Crippen molar-refractivity contribution < 1.29 is 4.79 Å². The van der Waals surface area contributed by atoms with Crippen LogP contribution in [-0.4, -0.2) is 22.1 Å². The average molecular weight is 283 g/mol. The maximum absolute atomic E-state index is 12.6. The number of hydrogen-bond donors (Lipinski definition) is 2. The quantitative estimate of drug-likeness (QED) is 0.909. The van der Waals surface area contributed by atoms with E-state index in [1.54, 1.807) is 6.20 Å². The normalized spacial score (nSPS) is 28.9. The van der Waals surface area contributed by atoms with Gasteiger partial charge in [-0.25, -0.2) is 0 Å². The second-order valence-electron chi connectivity index (χ2n) is 6.74. The first-order valence-corrected chi connectivity index (χ1v) is 7.95. The van der Waals surface area contributed by atoms with Crippen molar-refractivity contribution in [2.45, 2.75) is 38.6 Å². The summed E-state index contributed by atoms with van der Waals surface area (Å²) < 4.78 is 0. The first-order chi connectivity index (χ1) is 10.2. The molecule has 2 aliphatic rings. The van der Waals surface area contributed by atoms with Crippen LogP contribution < -0.4 is 5.32 Å². The number of aromatic amines is 1. The average Bonchev–Trinajstić information content (AvgIpc) is 3.21. The fourth-order valence-corrected chi connectivity index (χ4v) is 4.46. The number of aromatic nitrogens is 2. The summed E-state index contributed by atoms with van der Waals surface area (Å²) in [6.07, 6.45) is 7.17. The van der Waals surface area contributed by atoms with Gasteiger partial charge in [0.05, 0.1) is 17.3 Å². The number of hydrogen-bond acceptors (Lipinski definition) is 2. The molecule has 2 aliphatic carbocycles. The third kappa shape index (κ3) is 2.13. The van der Waals surface area contributed by atoms with Crippen molar-refractivity contribution in [3.05, 3.63) is 30.0 Å². The summed E-state index contributed by atoms with van der Waals surface area (Å²) in [5.74, 6) is 2.41. The fraction of sp³-hybridized carbons (Fsp3) is 0.529. The van der Waals surface area contributed by atoms with Gasteiger partial charge in [-0.3, -0.25) is 9.89 Å². The maximum Gasteiger partial charge on any atom is 0.253 e. The van der Waals surface area contributed by atoms with Gasteiger partial charge in [0, 0.05) is 11.4 Å². The Morgan fingerprint density at radius 2 is 2.29 bits per heavy atom. The number of carbonyl (C=O) groups excluding carboxylic acids is 1. The van der Waals surface area contributed by atoms with E-state index in [2.05, 4.69) is 22.4 Å². The third-order valence-corrected chi connectivity index (χ3v) is 5.52. The molecule has 4 rings (SSSR count). The SMILES string of the molecule is CC(NC(=O)c1cccc2cn[nH]c12)C1CC2CCC1C2. The van der Waals surface area contributed by atoms with E-state index in [1.807, 2.05) is 18.2 Å². The number of H-pyrrole nitrogens is 1. The molecule has 0 aliphatic heterocycles. The van der Waals surface area contributed by atoms with Crippen LogP contribution in [0.1, 0.15) is 43.0 Å². The zero-order valence-corrected chi connectivity index (χ0v) is 12.3. The highest BCUT2D eigenvalue weighted by atomic mass is 16.1. The summed E-state index contributed by atoms with van der Waals surface area (Å²) in [6.45, 7) is 2.16. The highest BCUT2D eigenvalue weighted by Gasteiger charge is 2.42. The summed E-state index contributed by atoms with van der Waals surface area (Å²) in [5.41, 5.74) is 1.52. The number of nitrogens with zero attached hydrogens (tertiary/aromatic N) is 1. The first kappa shape index (κ1) is 12.9. The van der Waals surface area contributed by atoms with E-state index in [9.17, 15) is 4.79 Å². The number of para-hydroxylation sites is 1. The Kier molecular flexibility index (Phi) is 2.98. The van der Waals surface area contributed by atoms with E-state index >= 15 is 0 Å². The highest BCUT2D eigenvalue weighted by Crippen LogP contribution is 2.49. The number of fused-ring (bicyclic) bond motifs is 3. The van der Waals surface area contributed by atoms with Crippen LogP contribution >= 0.6 is 0 Å². The van der Waals surface area contributed by atoms with E-state index in [0.717, 1.165) is 22.7 Å². The van der Waals surface area contributed by atoms with E-state index in [-0.39, 0.29) is 11.9 Å². The zero-order valence-electron chi connectivity index (χ0n) is 12.3. The van der Waals surface area contributed by atoms with Crippen molar-refractivity contribution in [1.29, 1.82) is 0 Å². The molecule has 1 aromatic heterocycles. The highest BCUT2D eigenvalue weighted by molar-refractivity contribution is 6.05. The Hall–Kier alpha value is -1.84. The van der Waals surface area contributed by atoms with Gasteiger partial charge in [0.15, 0.2) is 0 Å². The molecule has 21 heavy (non-hydrogen) atoms. The van der Waals surface area contributed by atoms with E-state index in [1.165, 1.54) is 25.7 Å². The second-order valence-corrected chi connectivity index (χ2v) is 6.74. The molecule has 0 spiro atoms. The Labute approximate surface area is 124 Å².